The van der Waals surface area contributed by atoms with Gasteiger partial charge in [0.25, 0.3) is 0 Å². The number of hydrogen-bond donors (Lipinski definition) is 1. The Morgan fingerprint density at radius 1 is 1.00 bits per heavy atom. The maximum absolute atomic E-state index is 10.2. The van der Waals surface area contributed by atoms with Gasteiger partial charge in [0.15, 0.2) is 6.10 Å². The van der Waals surface area contributed by atoms with Crippen LogP contribution in [0.15, 0.2) is 65.7 Å². The van der Waals surface area contributed by atoms with Gasteiger partial charge in [-0.25, -0.2) is 4.99 Å². The largest absolute Gasteiger partial charge is 0.476 e. The van der Waals surface area contributed by atoms with Gasteiger partial charge in [-0.15, -0.1) is 0 Å². The van der Waals surface area contributed by atoms with Crippen molar-refractivity contribution in [2.75, 3.05) is 6.61 Å². The van der Waals surface area contributed by atoms with Gasteiger partial charge in [-0.05, 0) is 11.1 Å². The molecule has 0 saturated carbocycles. The lowest BCUT2D eigenvalue weighted by Gasteiger charge is -2.09. The van der Waals surface area contributed by atoms with Gasteiger partial charge in [-0.3, -0.25) is 0 Å². The quantitative estimate of drug-likeness (QED) is 0.913. The predicted molar refractivity (Wildman–Crippen MR) is 74.0 cm³/mol. The molecule has 3 nitrogen and oxygen atoms in total. The fraction of sp³-hybridized carbons (Fsp3) is 0.188. The van der Waals surface area contributed by atoms with Gasteiger partial charge >= 0.3 is 0 Å². The zero-order valence-corrected chi connectivity index (χ0v) is 10.4. The topological polar surface area (TPSA) is 41.8 Å². The fourth-order valence-corrected chi connectivity index (χ4v) is 2.17. The van der Waals surface area contributed by atoms with Crippen LogP contribution in [-0.2, 0) is 4.74 Å². The number of aliphatic hydroxyl groups is 1. The molecule has 0 spiro atoms. The minimum Gasteiger partial charge on any atom is -0.476 e. The second kappa shape index (κ2) is 5.24. The molecule has 1 heterocycles. The molecule has 0 aliphatic carbocycles. The van der Waals surface area contributed by atoms with E-state index < -0.39 is 6.10 Å². The molecule has 19 heavy (non-hydrogen) atoms. The van der Waals surface area contributed by atoms with Gasteiger partial charge in [-0.2, -0.15) is 0 Å². The van der Waals surface area contributed by atoms with Crippen molar-refractivity contribution in [3.8, 4) is 0 Å². The number of rotatable bonds is 3. The van der Waals surface area contributed by atoms with Crippen molar-refractivity contribution >= 4 is 5.90 Å². The molecule has 0 aromatic heterocycles. The molecule has 3 rings (SSSR count). The third-order valence-electron chi connectivity index (χ3n) is 3.21. The van der Waals surface area contributed by atoms with Crippen molar-refractivity contribution in [3.63, 3.8) is 0 Å². The van der Waals surface area contributed by atoms with Crippen molar-refractivity contribution < 1.29 is 9.84 Å². The standard InChI is InChI=1S/C16H15NO2/c18-15(13-9-5-2-6-10-13)16-17-14(11-19-16)12-7-3-1-4-8-12/h1-10,14-15,18H,11H2/t14-,15-/m0/s1. The smallest absolute Gasteiger partial charge is 0.218 e. The maximum atomic E-state index is 10.2. The van der Waals surface area contributed by atoms with Gasteiger partial charge < -0.3 is 9.84 Å². The molecule has 2 aromatic carbocycles. The van der Waals surface area contributed by atoms with E-state index in [1.807, 2.05) is 60.7 Å². The van der Waals surface area contributed by atoms with E-state index in [2.05, 4.69) is 4.99 Å². The average Bonchev–Trinajstić information content (AvgIpc) is 2.98. The molecule has 2 aromatic rings. The molecular formula is C16H15NO2. The third kappa shape index (κ3) is 2.51. The summed E-state index contributed by atoms with van der Waals surface area (Å²) in [6.07, 6.45) is -0.782. The number of nitrogens with zero attached hydrogens (tertiary/aromatic N) is 1. The van der Waals surface area contributed by atoms with Crippen molar-refractivity contribution in [1.82, 2.24) is 0 Å². The Kier molecular flexibility index (Phi) is 3.29. The summed E-state index contributed by atoms with van der Waals surface area (Å²) in [6.45, 7) is 0.489. The number of aliphatic hydroxyl groups excluding tert-OH is 1. The van der Waals surface area contributed by atoms with E-state index in [0.717, 1.165) is 11.1 Å². The zero-order valence-electron chi connectivity index (χ0n) is 10.4. The van der Waals surface area contributed by atoms with Crippen LogP contribution in [0.4, 0.5) is 0 Å². The third-order valence-corrected chi connectivity index (χ3v) is 3.21. The predicted octanol–water partition coefficient (Wildman–Crippen LogP) is 2.89. The first-order valence-corrected chi connectivity index (χ1v) is 6.33. The average molecular weight is 253 g/mol. The summed E-state index contributed by atoms with van der Waals surface area (Å²) in [6, 6.07) is 19.4. The summed E-state index contributed by atoms with van der Waals surface area (Å²) < 4.78 is 5.54. The van der Waals surface area contributed by atoms with Crippen molar-refractivity contribution in [2.45, 2.75) is 12.1 Å². The highest BCUT2D eigenvalue weighted by Gasteiger charge is 2.26. The van der Waals surface area contributed by atoms with E-state index in [0.29, 0.717) is 12.5 Å². The Bertz CT molecular complexity index is 566. The number of ether oxygens (including phenoxy) is 1. The van der Waals surface area contributed by atoms with Crippen LogP contribution < -0.4 is 0 Å². The highest BCUT2D eigenvalue weighted by Crippen LogP contribution is 2.27. The molecular weight excluding hydrogens is 238 g/mol. The first-order chi connectivity index (χ1) is 9.34. The van der Waals surface area contributed by atoms with E-state index in [9.17, 15) is 5.11 Å². The van der Waals surface area contributed by atoms with Crippen molar-refractivity contribution in [3.05, 3.63) is 71.8 Å². The summed E-state index contributed by atoms with van der Waals surface area (Å²) >= 11 is 0. The van der Waals surface area contributed by atoms with Crippen LogP contribution >= 0.6 is 0 Å². The molecule has 0 fully saturated rings. The monoisotopic (exact) mass is 253 g/mol. The first kappa shape index (κ1) is 11.9. The van der Waals surface area contributed by atoms with Gasteiger partial charge in [0.2, 0.25) is 5.90 Å². The molecule has 0 bridgehead atoms. The van der Waals surface area contributed by atoms with E-state index >= 15 is 0 Å². The summed E-state index contributed by atoms with van der Waals surface area (Å²) in [5.74, 6) is 0.403. The molecule has 1 aliphatic heterocycles. The van der Waals surface area contributed by atoms with E-state index in [-0.39, 0.29) is 6.04 Å². The molecule has 96 valence electrons. The Balaban J connectivity index is 1.80. The minimum atomic E-state index is -0.782. The molecule has 0 saturated heterocycles. The number of hydrogen-bond acceptors (Lipinski definition) is 3. The molecule has 0 amide bonds. The Morgan fingerprint density at radius 2 is 1.63 bits per heavy atom. The minimum absolute atomic E-state index is 0.0189. The second-order valence-corrected chi connectivity index (χ2v) is 4.52. The van der Waals surface area contributed by atoms with E-state index in [1.54, 1.807) is 0 Å². The molecule has 2 atom stereocenters. The van der Waals surface area contributed by atoms with Gasteiger partial charge in [0.1, 0.15) is 12.6 Å². The van der Waals surface area contributed by atoms with Crippen LogP contribution in [0.2, 0.25) is 0 Å². The molecule has 0 unspecified atom stereocenters. The molecule has 3 heteroatoms. The second-order valence-electron chi connectivity index (χ2n) is 4.52. The molecule has 0 radical (unpaired) electrons. The van der Waals surface area contributed by atoms with Gasteiger partial charge in [0.05, 0.1) is 0 Å². The number of aliphatic imine (C=N–C) groups is 1. The van der Waals surface area contributed by atoms with E-state index in [1.165, 1.54) is 0 Å². The highest BCUT2D eigenvalue weighted by atomic mass is 16.5. The normalized spacial score (nSPS) is 19.6. The maximum Gasteiger partial charge on any atom is 0.218 e. The van der Waals surface area contributed by atoms with Crippen LogP contribution in [0.3, 0.4) is 0 Å². The lowest BCUT2D eigenvalue weighted by atomic mass is 10.1. The molecule has 1 N–H and O–H groups in total. The van der Waals surface area contributed by atoms with Crippen molar-refractivity contribution in [2.24, 2.45) is 4.99 Å². The highest BCUT2D eigenvalue weighted by molar-refractivity contribution is 5.83. The molecule has 1 aliphatic rings. The van der Waals surface area contributed by atoms with Crippen LogP contribution in [0.1, 0.15) is 23.3 Å². The summed E-state index contributed by atoms with van der Waals surface area (Å²) in [4.78, 5) is 4.48. The van der Waals surface area contributed by atoms with Crippen LogP contribution in [0.25, 0.3) is 0 Å². The summed E-state index contributed by atoms with van der Waals surface area (Å²) in [5.41, 5.74) is 1.91. The number of benzene rings is 2. The van der Waals surface area contributed by atoms with E-state index in [4.69, 9.17) is 4.74 Å². The van der Waals surface area contributed by atoms with Gasteiger partial charge in [-0.1, -0.05) is 60.7 Å². The van der Waals surface area contributed by atoms with Crippen LogP contribution in [0, 0.1) is 0 Å². The summed E-state index contributed by atoms with van der Waals surface area (Å²) in [7, 11) is 0. The Hall–Kier alpha value is -2.13. The Labute approximate surface area is 112 Å². The first-order valence-electron chi connectivity index (χ1n) is 6.33. The van der Waals surface area contributed by atoms with Gasteiger partial charge in [0, 0.05) is 0 Å². The lowest BCUT2D eigenvalue weighted by Crippen LogP contribution is -2.11. The Morgan fingerprint density at radius 3 is 2.32 bits per heavy atom. The van der Waals surface area contributed by atoms with Crippen LogP contribution in [0.5, 0.6) is 0 Å². The summed E-state index contributed by atoms with van der Waals surface area (Å²) in [5, 5.41) is 10.2. The van der Waals surface area contributed by atoms with Crippen molar-refractivity contribution in [1.29, 1.82) is 0 Å². The zero-order chi connectivity index (χ0) is 13.1. The fourth-order valence-electron chi connectivity index (χ4n) is 2.17. The van der Waals surface area contributed by atoms with Crippen LogP contribution in [-0.4, -0.2) is 17.6 Å². The SMILES string of the molecule is O[C@H](C1=N[C@H](c2ccccc2)CO1)c1ccccc1. The lowest BCUT2D eigenvalue weighted by molar-refractivity contribution is 0.199.